The third kappa shape index (κ3) is 7.40. The molecule has 1 heterocycles. The summed E-state index contributed by atoms with van der Waals surface area (Å²) >= 11 is 7.18. The standard InChI is InChI=1S/C15H30N2S2/c1-2-3-4-5-6-7-8-9-11-14-17(15(16)18)12-10-13-19-14/h14H,2-13H2,1H3,(H2,16,18). The summed E-state index contributed by atoms with van der Waals surface area (Å²) in [5.41, 5.74) is 5.80. The molecule has 1 aliphatic rings. The first-order chi connectivity index (χ1) is 9.25. The number of hydrogen-bond donors (Lipinski definition) is 1. The monoisotopic (exact) mass is 302 g/mol. The van der Waals surface area contributed by atoms with Gasteiger partial charge in [0.25, 0.3) is 0 Å². The summed E-state index contributed by atoms with van der Waals surface area (Å²) < 4.78 is 0. The largest absolute Gasteiger partial charge is 0.376 e. The molecule has 0 aliphatic carbocycles. The molecule has 2 nitrogen and oxygen atoms in total. The van der Waals surface area contributed by atoms with Gasteiger partial charge >= 0.3 is 0 Å². The van der Waals surface area contributed by atoms with E-state index in [0.29, 0.717) is 10.5 Å². The molecule has 2 N–H and O–H groups in total. The van der Waals surface area contributed by atoms with Gasteiger partial charge in [-0.1, -0.05) is 58.3 Å². The zero-order valence-corrected chi connectivity index (χ0v) is 14.0. The van der Waals surface area contributed by atoms with E-state index < -0.39 is 0 Å². The molecule has 0 aromatic carbocycles. The minimum absolute atomic E-state index is 0.548. The van der Waals surface area contributed by atoms with Crippen molar-refractivity contribution in [2.75, 3.05) is 12.3 Å². The van der Waals surface area contributed by atoms with Crippen LogP contribution in [0.15, 0.2) is 0 Å². The van der Waals surface area contributed by atoms with Crippen molar-refractivity contribution in [3.05, 3.63) is 0 Å². The molecule has 0 bridgehead atoms. The number of thiocarbonyl (C=S) groups is 1. The van der Waals surface area contributed by atoms with Gasteiger partial charge in [-0.3, -0.25) is 0 Å². The van der Waals surface area contributed by atoms with Crippen molar-refractivity contribution in [3.8, 4) is 0 Å². The molecule has 1 atom stereocenters. The Kier molecular flexibility index (Phi) is 9.70. The molecule has 1 unspecified atom stereocenters. The second kappa shape index (κ2) is 10.8. The minimum Gasteiger partial charge on any atom is -0.376 e. The van der Waals surface area contributed by atoms with Crippen LogP contribution in [0.1, 0.15) is 71.1 Å². The summed E-state index contributed by atoms with van der Waals surface area (Å²) in [5, 5.41) is 1.14. The second-order valence-corrected chi connectivity index (χ2v) is 7.18. The van der Waals surface area contributed by atoms with Gasteiger partial charge in [-0.25, -0.2) is 0 Å². The minimum atomic E-state index is 0.548. The number of unbranched alkanes of at least 4 members (excludes halogenated alkanes) is 7. The van der Waals surface area contributed by atoms with Gasteiger partial charge in [-0.2, -0.15) is 0 Å². The van der Waals surface area contributed by atoms with E-state index in [1.165, 1.54) is 70.0 Å². The molecule has 0 radical (unpaired) electrons. The molecule has 1 saturated heterocycles. The molecule has 112 valence electrons. The summed E-state index contributed by atoms with van der Waals surface area (Å²) in [4.78, 5) is 2.23. The molecular weight excluding hydrogens is 272 g/mol. The van der Waals surface area contributed by atoms with Crippen LogP contribution in [0, 0.1) is 0 Å². The normalized spacial score (nSPS) is 19.6. The van der Waals surface area contributed by atoms with Crippen LogP contribution in [0.5, 0.6) is 0 Å². The lowest BCUT2D eigenvalue weighted by Gasteiger charge is -2.35. The highest BCUT2D eigenvalue weighted by Gasteiger charge is 2.22. The lowest BCUT2D eigenvalue weighted by Crippen LogP contribution is -2.45. The molecule has 1 fully saturated rings. The highest BCUT2D eigenvalue weighted by molar-refractivity contribution is 7.99. The summed E-state index contributed by atoms with van der Waals surface area (Å²) in [6.45, 7) is 3.33. The van der Waals surface area contributed by atoms with Crippen LogP contribution in [0.4, 0.5) is 0 Å². The van der Waals surface area contributed by atoms with Crippen LogP contribution in [0.25, 0.3) is 0 Å². The third-order valence-corrected chi connectivity index (χ3v) is 5.42. The van der Waals surface area contributed by atoms with E-state index in [9.17, 15) is 0 Å². The van der Waals surface area contributed by atoms with Crippen molar-refractivity contribution >= 4 is 29.1 Å². The molecule has 1 aliphatic heterocycles. The third-order valence-electron chi connectivity index (χ3n) is 3.79. The zero-order chi connectivity index (χ0) is 13.9. The molecule has 19 heavy (non-hydrogen) atoms. The van der Waals surface area contributed by atoms with Gasteiger partial charge in [0.15, 0.2) is 5.11 Å². The topological polar surface area (TPSA) is 29.3 Å². The Morgan fingerprint density at radius 3 is 2.42 bits per heavy atom. The molecule has 1 rings (SSSR count). The van der Waals surface area contributed by atoms with E-state index in [2.05, 4.69) is 11.8 Å². The second-order valence-electron chi connectivity index (χ2n) is 5.47. The van der Waals surface area contributed by atoms with Crippen molar-refractivity contribution < 1.29 is 0 Å². The SMILES string of the molecule is CCCCCCCCCCC1SCCCN1C(N)=S. The molecule has 0 spiro atoms. The number of hydrogen-bond acceptors (Lipinski definition) is 2. The molecule has 4 heteroatoms. The fourth-order valence-corrected chi connectivity index (χ4v) is 4.22. The van der Waals surface area contributed by atoms with Crippen molar-refractivity contribution in [1.29, 1.82) is 0 Å². The molecule has 0 aromatic rings. The quantitative estimate of drug-likeness (QED) is 0.500. The van der Waals surface area contributed by atoms with E-state index in [-0.39, 0.29) is 0 Å². The maximum absolute atomic E-state index is 5.80. The van der Waals surface area contributed by atoms with Gasteiger partial charge in [0, 0.05) is 6.54 Å². The van der Waals surface area contributed by atoms with Gasteiger partial charge < -0.3 is 10.6 Å². The number of thioether (sulfide) groups is 1. The highest BCUT2D eigenvalue weighted by atomic mass is 32.2. The van der Waals surface area contributed by atoms with Gasteiger partial charge in [0.1, 0.15) is 0 Å². The maximum Gasteiger partial charge on any atom is 0.167 e. The molecule has 0 saturated carbocycles. The van der Waals surface area contributed by atoms with Crippen LogP contribution in [0.2, 0.25) is 0 Å². The van der Waals surface area contributed by atoms with E-state index in [1.807, 2.05) is 11.8 Å². The fraction of sp³-hybridized carbons (Fsp3) is 0.933. The van der Waals surface area contributed by atoms with Gasteiger partial charge in [-0.15, -0.1) is 11.8 Å². The van der Waals surface area contributed by atoms with Crippen molar-refractivity contribution in [3.63, 3.8) is 0 Å². The lowest BCUT2D eigenvalue weighted by molar-refractivity contribution is 0.361. The average Bonchev–Trinajstić information content (AvgIpc) is 2.42. The summed E-state index contributed by atoms with van der Waals surface area (Å²) in [5.74, 6) is 1.26. The Labute approximate surface area is 128 Å². The summed E-state index contributed by atoms with van der Waals surface area (Å²) in [7, 11) is 0. The van der Waals surface area contributed by atoms with Crippen molar-refractivity contribution in [1.82, 2.24) is 4.90 Å². The average molecular weight is 303 g/mol. The van der Waals surface area contributed by atoms with Gasteiger partial charge in [0.05, 0.1) is 5.37 Å². The molecular formula is C15H30N2S2. The predicted octanol–water partition coefficient (Wildman–Crippen LogP) is 4.53. The van der Waals surface area contributed by atoms with E-state index in [1.54, 1.807) is 0 Å². The van der Waals surface area contributed by atoms with Gasteiger partial charge in [0.2, 0.25) is 0 Å². The van der Waals surface area contributed by atoms with Crippen LogP contribution in [0.3, 0.4) is 0 Å². The molecule has 0 amide bonds. The fourth-order valence-electron chi connectivity index (χ4n) is 2.63. The predicted molar refractivity (Wildman–Crippen MR) is 91.6 cm³/mol. The number of nitrogens with two attached hydrogens (primary N) is 1. The first-order valence-corrected chi connectivity index (χ1v) is 9.39. The Morgan fingerprint density at radius 2 is 1.79 bits per heavy atom. The Bertz CT molecular complexity index is 246. The van der Waals surface area contributed by atoms with Crippen LogP contribution >= 0.6 is 24.0 Å². The van der Waals surface area contributed by atoms with Gasteiger partial charge in [-0.05, 0) is 30.8 Å². The van der Waals surface area contributed by atoms with Crippen molar-refractivity contribution in [2.24, 2.45) is 5.73 Å². The number of rotatable bonds is 9. The van der Waals surface area contributed by atoms with Crippen LogP contribution < -0.4 is 5.73 Å². The maximum atomic E-state index is 5.80. The van der Waals surface area contributed by atoms with Crippen LogP contribution in [-0.4, -0.2) is 27.7 Å². The van der Waals surface area contributed by atoms with Crippen LogP contribution in [-0.2, 0) is 0 Å². The summed E-state index contributed by atoms with van der Waals surface area (Å²) in [6, 6.07) is 0. The first kappa shape index (κ1) is 17.1. The molecule has 0 aromatic heterocycles. The van der Waals surface area contributed by atoms with Crippen molar-refractivity contribution in [2.45, 2.75) is 76.5 Å². The highest BCUT2D eigenvalue weighted by Crippen LogP contribution is 2.27. The Balaban J connectivity index is 2.02. The van der Waals surface area contributed by atoms with E-state index in [0.717, 1.165) is 6.54 Å². The zero-order valence-electron chi connectivity index (χ0n) is 12.4. The van der Waals surface area contributed by atoms with E-state index >= 15 is 0 Å². The summed E-state index contributed by atoms with van der Waals surface area (Å²) in [6.07, 6.45) is 13.6. The smallest absolute Gasteiger partial charge is 0.167 e. The lowest BCUT2D eigenvalue weighted by atomic mass is 10.1. The first-order valence-electron chi connectivity index (χ1n) is 7.93. The van der Waals surface area contributed by atoms with E-state index in [4.69, 9.17) is 18.0 Å². The Morgan fingerprint density at radius 1 is 1.16 bits per heavy atom. The number of nitrogens with zero attached hydrogens (tertiary/aromatic N) is 1. The Hall–Kier alpha value is 0.0400.